The first-order valence-electron chi connectivity index (χ1n) is 7.27. The van der Waals surface area contributed by atoms with Gasteiger partial charge in [-0.1, -0.05) is 23.7 Å². The van der Waals surface area contributed by atoms with Crippen molar-refractivity contribution in [1.82, 2.24) is 9.97 Å². The Hall–Kier alpha value is -1.81. The number of hydrogen-bond donors (Lipinski definition) is 1. The molecule has 0 radical (unpaired) electrons. The van der Waals surface area contributed by atoms with Crippen LogP contribution in [0.5, 0.6) is 0 Å². The minimum Gasteiger partial charge on any atom is -0.368 e. The van der Waals surface area contributed by atoms with Crippen molar-refractivity contribution in [3.63, 3.8) is 0 Å². The molecule has 110 valence electrons. The third-order valence-corrected chi connectivity index (χ3v) is 4.05. The first-order valence-corrected chi connectivity index (χ1v) is 7.65. The molecule has 1 N–H and O–H groups in total. The SMILES string of the molecule is Cc1cnc(NC2CCCN(c3ccccc3Cl)C2)nc1. The second-order valence-corrected chi connectivity index (χ2v) is 5.87. The Bertz CT molecular complexity index is 599. The summed E-state index contributed by atoms with van der Waals surface area (Å²) < 4.78 is 0. The van der Waals surface area contributed by atoms with Crippen molar-refractivity contribution in [2.75, 3.05) is 23.3 Å². The molecule has 0 aliphatic carbocycles. The van der Waals surface area contributed by atoms with Crippen molar-refractivity contribution in [3.05, 3.63) is 47.2 Å². The molecule has 0 spiro atoms. The quantitative estimate of drug-likeness (QED) is 0.942. The van der Waals surface area contributed by atoms with Crippen LogP contribution in [0, 0.1) is 6.92 Å². The van der Waals surface area contributed by atoms with Gasteiger partial charge in [-0.25, -0.2) is 9.97 Å². The summed E-state index contributed by atoms with van der Waals surface area (Å²) in [7, 11) is 0. The van der Waals surface area contributed by atoms with E-state index >= 15 is 0 Å². The summed E-state index contributed by atoms with van der Waals surface area (Å²) in [4.78, 5) is 11.0. The Kier molecular flexibility index (Phi) is 4.25. The summed E-state index contributed by atoms with van der Waals surface area (Å²) in [6.45, 7) is 3.95. The van der Waals surface area contributed by atoms with E-state index in [0.717, 1.165) is 42.2 Å². The third kappa shape index (κ3) is 3.45. The summed E-state index contributed by atoms with van der Waals surface area (Å²) in [6, 6.07) is 8.36. The van der Waals surface area contributed by atoms with E-state index in [1.54, 1.807) is 0 Å². The average molecular weight is 303 g/mol. The Morgan fingerprint density at radius 1 is 1.24 bits per heavy atom. The lowest BCUT2D eigenvalue weighted by Crippen LogP contribution is -2.42. The second kappa shape index (κ2) is 6.31. The molecule has 1 aromatic carbocycles. The highest BCUT2D eigenvalue weighted by molar-refractivity contribution is 6.33. The van der Waals surface area contributed by atoms with E-state index in [4.69, 9.17) is 11.6 Å². The number of aromatic nitrogens is 2. The first-order chi connectivity index (χ1) is 10.2. The summed E-state index contributed by atoms with van der Waals surface area (Å²) in [5.74, 6) is 0.701. The molecule has 4 nitrogen and oxygen atoms in total. The van der Waals surface area contributed by atoms with Gasteiger partial charge in [0.25, 0.3) is 0 Å². The van der Waals surface area contributed by atoms with E-state index in [1.807, 2.05) is 37.5 Å². The van der Waals surface area contributed by atoms with Crippen LogP contribution in [0.3, 0.4) is 0 Å². The number of piperidine rings is 1. The minimum atomic E-state index is 0.345. The van der Waals surface area contributed by atoms with E-state index in [-0.39, 0.29) is 0 Å². The van der Waals surface area contributed by atoms with Crippen molar-refractivity contribution < 1.29 is 0 Å². The van der Waals surface area contributed by atoms with Gasteiger partial charge in [0.1, 0.15) is 0 Å². The fourth-order valence-electron chi connectivity index (χ4n) is 2.67. The minimum absolute atomic E-state index is 0.345. The van der Waals surface area contributed by atoms with Gasteiger partial charge in [-0.2, -0.15) is 0 Å². The lowest BCUT2D eigenvalue weighted by atomic mass is 10.1. The van der Waals surface area contributed by atoms with Crippen LogP contribution in [-0.4, -0.2) is 29.1 Å². The fourth-order valence-corrected chi connectivity index (χ4v) is 2.93. The van der Waals surface area contributed by atoms with Gasteiger partial charge in [-0.05, 0) is 37.5 Å². The van der Waals surface area contributed by atoms with E-state index in [1.165, 1.54) is 0 Å². The molecule has 1 atom stereocenters. The van der Waals surface area contributed by atoms with Crippen molar-refractivity contribution in [2.45, 2.75) is 25.8 Å². The molecule has 1 saturated heterocycles. The van der Waals surface area contributed by atoms with Gasteiger partial charge < -0.3 is 10.2 Å². The van der Waals surface area contributed by atoms with Crippen molar-refractivity contribution in [3.8, 4) is 0 Å². The summed E-state index contributed by atoms with van der Waals surface area (Å²) in [5, 5.41) is 4.23. The van der Waals surface area contributed by atoms with Crippen LogP contribution in [0.1, 0.15) is 18.4 Å². The number of rotatable bonds is 3. The van der Waals surface area contributed by atoms with Crippen molar-refractivity contribution >= 4 is 23.2 Å². The van der Waals surface area contributed by atoms with E-state index in [9.17, 15) is 0 Å². The van der Waals surface area contributed by atoms with E-state index in [0.29, 0.717) is 12.0 Å². The average Bonchev–Trinajstić information content (AvgIpc) is 2.50. The molecule has 2 aromatic rings. The van der Waals surface area contributed by atoms with Gasteiger partial charge in [0.05, 0.1) is 10.7 Å². The third-order valence-electron chi connectivity index (χ3n) is 3.73. The van der Waals surface area contributed by atoms with Gasteiger partial charge in [0, 0.05) is 31.5 Å². The van der Waals surface area contributed by atoms with Crippen LogP contribution in [0.15, 0.2) is 36.7 Å². The predicted molar refractivity (Wildman–Crippen MR) is 87.1 cm³/mol. The second-order valence-electron chi connectivity index (χ2n) is 5.46. The van der Waals surface area contributed by atoms with E-state index in [2.05, 4.69) is 26.3 Å². The zero-order chi connectivity index (χ0) is 14.7. The van der Waals surface area contributed by atoms with Crippen LogP contribution in [-0.2, 0) is 0 Å². The summed E-state index contributed by atoms with van der Waals surface area (Å²) in [5.41, 5.74) is 2.18. The molecular formula is C16H19ClN4. The smallest absolute Gasteiger partial charge is 0.222 e. The van der Waals surface area contributed by atoms with Gasteiger partial charge in [-0.3, -0.25) is 0 Å². The monoisotopic (exact) mass is 302 g/mol. The number of anilines is 2. The zero-order valence-corrected chi connectivity index (χ0v) is 12.8. The molecule has 1 aliphatic heterocycles. The molecule has 1 aliphatic rings. The Balaban J connectivity index is 1.68. The molecule has 2 heterocycles. The molecule has 1 fully saturated rings. The van der Waals surface area contributed by atoms with Crippen molar-refractivity contribution in [2.24, 2.45) is 0 Å². The summed E-state index contributed by atoms with van der Waals surface area (Å²) >= 11 is 6.30. The fraction of sp³-hybridized carbons (Fsp3) is 0.375. The zero-order valence-electron chi connectivity index (χ0n) is 12.1. The molecule has 1 aromatic heterocycles. The number of aryl methyl sites for hydroxylation is 1. The van der Waals surface area contributed by atoms with Crippen LogP contribution in [0.25, 0.3) is 0 Å². The highest BCUT2D eigenvalue weighted by Crippen LogP contribution is 2.28. The molecule has 0 bridgehead atoms. The molecule has 5 heteroatoms. The van der Waals surface area contributed by atoms with Crippen molar-refractivity contribution in [1.29, 1.82) is 0 Å². The number of nitrogens with zero attached hydrogens (tertiary/aromatic N) is 3. The van der Waals surface area contributed by atoms with Gasteiger partial charge in [-0.15, -0.1) is 0 Å². The Morgan fingerprint density at radius 2 is 2.00 bits per heavy atom. The summed E-state index contributed by atoms with van der Waals surface area (Å²) in [6.07, 6.45) is 5.93. The van der Waals surface area contributed by atoms with Gasteiger partial charge >= 0.3 is 0 Å². The maximum Gasteiger partial charge on any atom is 0.222 e. The van der Waals surface area contributed by atoms with Crippen LogP contribution >= 0.6 is 11.6 Å². The Morgan fingerprint density at radius 3 is 2.76 bits per heavy atom. The molecule has 0 saturated carbocycles. The number of halogens is 1. The molecular weight excluding hydrogens is 284 g/mol. The topological polar surface area (TPSA) is 41.1 Å². The van der Waals surface area contributed by atoms with Crippen LogP contribution in [0.2, 0.25) is 5.02 Å². The van der Waals surface area contributed by atoms with Gasteiger partial charge in [0.15, 0.2) is 0 Å². The van der Waals surface area contributed by atoms with Crippen LogP contribution < -0.4 is 10.2 Å². The van der Waals surface area contributed by atoms with Crippen LogP contribution in [0.4, 0.5) is 11.6 Å². The predicted octanol–water partition coefficient (Wildman–Crippen LogP) is 3.52. The number of hydrogen-bond acceptors (Lipinski definition) is 4. The number of nitrogens with one attached hydrogen (secondary N) is 1. The Labute approximate surface area is 130 Å². The standard InChI is InChI=1S/C16H19ClN4/c1-12-9-18-16(19-10-12)20-13-5-4-8-21(11-13)15-7-3-2-6-14(15)17/h2-3,6-7,9-10,13H,4-5,8,11H2,1H3,(H,18,19,20). The normalized spacial score (nSPS) is 18.6. The number of para-hydroxylation sites is 1. The molecule has 0 amide bonds. The van der Waals surface area contributed by atoms with E-state index < -0.39 is 0 Å². The first kappa shape index (κ1) is 14.1. The largest absolute Gasteiger partial charge is 0.368 e. The highest BCUT2D eigenvalue weighted by atomic mass is 35.5. The number of benzene rings is 1. The maximum absolute atomic E-state index is 6.30. The lowest BCUT2D eigenvalue weighted by molar-refractivity contribution is 0.527. The molecule has 1 unspecified atom stereocenters. The molecule has 3 rings (SSSR count). The maximum atomic E-state index is 6.30. The molecule has 21 heavy (non-hydrogen) atoms. The highest BCUT2D eigenvalue weighted by Gasteiger charge is 2.21. The van der Waals surface area contributed by atoms with Gasteiger partial charge in [0.2, 0.25) is 5.95 Å². The lowest BCUT2D eigenvalue weighted by Gasteiger charge is -2.35.